The highest BCUT2D eigenvalue weighted by Gasteiger charge is 2.19. The summed E-state index contributed by atoms with van der Waals surface area (Å²) in [5, 5.41) is 14.0. The Morgan fingerprint density at radius 3 is 2.54 bits per heavy atom. The fraction of sp³-hybridized carbons (Fsp3) is 0.286. The number of nitrogens with one attached hydrogen (secondary N) is 1. The van der Waals surface area contributed by atoms with Gasteiger partial charge in [0.25, 0.3) is 11.6 Å². The Kier molecular flexibility index (Phi) is 6.28. The van der Waals surface area contributed by atoms with Gasteiger partial charge < -0.3 is 5.32 Å². The third-order valence-corrected chi connectivity index (χ3v) is 4.51. The van der Waals surface area contributed by atoms with Crippen LogP contribution in [0, 0.1) is 17.0 Å². The molecular formula is C21H24N2O3. The van der Waals surface area contributed by atoms with E-state index in [1.165, 1.54) is 17.7 Å². The standard InChI is InChI=1S/C21H24N2O3/c1-5-16-9-7-8-10-19(16)18(6-2)15(4)22-21(24)20-13-17(23(25)26)12-11-14(20)3/h6-13,15H,5H2,1-4H3,(H,22,24)/b18-6-. The molecular weight excluding hydrogens is 328 g/mol. The topological polar surface area (TPSA) is 72.2 Å². The molecule has 0 saturated heterocycles. The quantitative estimate of drug-likeness (QED) is 0.605. The van der Waals surface area contributed by atoms with Crippen LogP contribution >= 0.6 is 0 Å². The van der Waals surface area contributed by atoms with E-state index < -0.39 is 4.92 Å². The summed E-state index contributed by atoms with van der Waals surface area (Å²) in [6.07, 6.45) is 2.90. The Labute approximate surface area is 153 Å². The van der Waals surface area contributed by atoms with E-state index in [2.05, 4.69) is 24.4 Å². The molecule has 0 aliphatic rings. The minimum absolute atomic E-state index is 0.0870. The summed E-state index contributed by atoms with van der Waals surface area (Å²) < 4.78 is 0. The second-order valence-corrected chi connectivity index (χ2v) is 6.21. The second-order valence-electron chi connectivity index (χ2n) is 6.21. The number of hydrogen-bond donors (Lipinski definition) is 1. The Balaban J connectivity index is 2.28. The van der Waals surface area contributed by atoms with Crippen molar-refractivity contribution in [3.05, 3.63) is 80.9 Å². The van der Waals surface area contributed by atoms with Gasteiger partial charge in [-0.05, 0) is 49.5 Å². The Morgan fingerprint density at radius 2 is 1.92 bits per heavy atom. The summed E-state index contributed by atoms with van der Waals surface area (Å²) in [7, 11) is 0. The Hall–Kier alpha value is -2.95. The molecule has 0 heterocycles. The number of allylic oxidation sites excluding steroid dienone is 1. The van der Waals surface area contributed by atoms with Crippen LogP contribution in [0.4, 0.5) is 5.69 Å². The van der Waals surface area contributed by atoms with Crippen molar-refractivity contribution in [2.24, 2.45) is 0 Å². The zero-order chi connectivity index (χ0) is 19.3. The predicted molar refractivity (Wildman–Crippen MR) is 104 cm³/mol. The zero-order valence-corrected chi connectivity index (χ0v) is 15.6. The molecule has 5 nitrogen and oxygen atoms in total. The number of aryl methyl sites for hydroxylation is 2. The third kappa shape index (κ3) is 4.17. The molecule has 0 aliphatic carbocycles. The summed E-state index contributed by atoms with van der Waals surface area (Å²) in [5.74, 6) is -0.313. The van der Waals surface area contributed by atoms with Crippen LogP contribution in [-0.2, 0) is 6.42 Å². The number of non-ortho nitro benzene ring substituents is 1. The number of carbonyl (C=O) groups is 1. The first kappa shape index (κ1) is 19.4. The van der Waals surface area contributed by atoms with Crippen LogP contribution in [0.25, 0.3) is 5.57 Å². The number of rotatable bonds is 6. The first-order valence-corrected chi connectivity index (χ1v) is 8.69. The molecule has 1 unspecified atom stereocenters. The highest BCUT2D eigenvalue weighted by molar-refractivity contribution is 5.97. The molecule has 2 aromatic rings. The monoisotopic (exact) mass is 352 g/mol. The SMILES string of the molecule is C/C=C(\c1ccccc1CC)C(C)NC(=O)c1cc([N+](=O)[O-])ccc1C. The van der Waals surface area contributed by atoms with Gasteiger partial charge in [0.05, 0.1) is 11.0 Å². The molecule has 0 aromatic heterocycles. The molecule has 26 heavy (non-hydrogen) atoms. The van der Waals surface area contributed by atoms with Gasteiger partial charge in [-0.1, -0.05) is 43.3 Å². The van der Waals surface area contributed by atoms with E-state index in [0.717, 1.165) is 17.6 Å². The minimum Gasteiger partial charge on any atom is -0.345 e. The van der Waals surface area contributed by atoms with Crippen LogP contribution in [0.15, 0.2) is 48.5 Å². The molecule has 0 aliphatic heterocycles. The molecule has 1 N–H and O–H groups in total. The predicted octanol–water partition coefficient (Wildman–Crippen LogP) is 4.69. The van der Waals surface area contributed by atoms with Gasteiger partial charge in [0.2, 0.25) is 0 Å². The first-order valence-electron chi connectivity index (χ1n) is 8.69. The van der Waals surface area contributed by atoms with E-state index in [1.807, 2.05) is 32.1 Å². The maximum absolute atomic E-state index is 12.7. The van der Waals surface area contributed by atoms with E-state index >= 15 is 0 Å². The van der Waals surface area contributed by atoms with Gasteiger partial charge in [-0.3, -0.25) is 14.9 Å². The molecule has 136 valence electrons. The number of carbonyl (C=O) groups excluding carboxylic acids is 1. The molecule has 0 saturated carbocycles. The average Bonchev–Trinajstić information content (AvgIpc) is 2.62. The van der Waals surface area contributed by atoms with Crippen molar-refractivity contribution in [1.82, 2.24) is 5.32 Å². The van der Waals surface area contributed by atoms with Crippen molar-refractivity contribution >= 4 is 17.2 Å². The van der Waals surface area contributed by atoms with Gasteiger partial charge in [-0.2, -0.15) is 0 Å². The molecule has 2 rings (SSSR count). The van der Waals surface area contributed by atoms with Crippen molar-refractivity contribution in [2.45, 2.75) is 40.2 Å². The van der Waals surface area contributed by atoms with Crippen LogP contribution in [0.5, 0.6) is 0 Å². The summed E-state index contributed by atoms with van der Waals surface area (Å²) in [4.78, 5) is 23.2. The van der Waals surface area contributed by atoms with Crippen LogP contribution in [0.2, 0.25) is 0 Å². The smallest absolute Gasteiger partial charge is 0.270 e. The molecule has 0 spiro atoms. The summed E-state index contributed by atoms with van der Waals surface area (Å²) in [6.45, 7) is 7.74. The zero-order valence-electron chi connectivity index (χ0n) is 15.6. The third-order valence-electron chi connectivity index (χ3n) is 4.51. The van der Waals surface area contributed by atoms with E-state index in [4.69, 9.17) is 0 Å². The lowest BCUT2D eigenvalue weighted by Crippen LogP contribution is -2.34. The summed E-state index contributed by atoms with van der Waals surface area (Å²) in [5.41, 5.74) is 4.30. The van der Waals surface area contributed by atoms with Gasteiger partial charge in [0, 0.05) is 17.7 Å². The minimum atomic E-state index is -0.492. The van der Waals surface area contributed by atoms with E-state index in [1.54, 1.807) is 13.0 Å². The normalized spacial score (nSPS) is 12.5. The van der Waals surface area contributed by atoms with Crippen molar-refractivity contribution in [2.75, 3.05) is 0 Å². The van der Waals surface area contributed by atoms with Crippen LogP contribution in [0.3, 0.4) is 0 Å². The van der Waals surface area contributed by atoms with Gasteiger partial charge in [-0.15, -0.1) is 0 Å². The molecule has 1 atom stereocenters. The summed E-state index contributed by atoms with van der Waals surface area (Å²) >= 11 is 0. The number of hydrogen-bond acceptors (Lipinski definition) is 3. The summed E-state index contributed by atoms with van der Waals surface area (Å²) in [6, 6.07) is 12.2. The van der Waals surface area contributed by atoms with Gasteiger partial charge >= 0.3 is 0 Å². The first-order chi connectivity index (χ1) is 12.4. The maximum Gasteiger partial charge on any atom is 0.270 e. The highest BCUT2D eigenvalue weighted by Crippen LogP contribution is 2.24. The van der Waals surface area contributed by atoms with E-state index in [9.17, 15) is 14.9 Å². The maximum atomic E-state index is 12.7. The number of nitrogens with zero attached hydrogens (tertiary/aromatic N) is 1. The fourth-order valence-electron chi connectivity index (χ4n) is 3.07. The Bertz CT molecular complexity index is 856. The lowest BCUT2D eigenvalue weighted by Gasteiger charge is -2.20. The number of amides is 1. The highest BCUT2D eigenvalue weighted by atomic mass is 16.6. The fourth-order valence-corrected chi connectivity index (χ4v) is 3.07. The van der Waals surface area contributed by atoms with Gasteiger partial charge in [0.15, 0.2) is 0 Å². The van der Waals surface area contributed by atoms with Gasteiger partial charge in [-0.25, -0.2) is 0 Å². The van der Waals surface area contributed by atoms with Crippen LogP contribution in [0.1, 0.15) is 47.8 Å². The number of nitro benzene ring substituents is 1. The number of benzene rings is 2. The van der Waals surface area contributed by atoms with Crippen molar-refractivity contribution in [1.29, 1.82) is 0 Å². The molecule has 0 fully saturated rings. The second kappa shape index (κ2) is 8.43. The van der Waals surface area contributed by atoms with Crippen molar-refractivity contribution in [3.63, 3.8) is 0 Å². The lowest BCUT2D eigenvalue weighted by molar-refractivity contribution is -0.384. The van der Waals surface area contributed by atoms with E-state index in [0.29, 0.717) is 11.1 Å². The van der Waals surface area contributed by atoms with Crippen molar-refractivity contribution in [3.8, 4) is 0 Å². The Morgan fingerprint density at radius 1 is 1.23 bits per heavy atom. The molecule has 0 bridgehead atoms. The van der Waals surface area contributed by atoms with Crippen molar-refractivity contribution < 1.29 is 9.72 Å². The average molecular weight is 352 g/mol. The van der Waals surface area contributed by atoms with Crippen LogP contribution < -0.4 is 5.32 Å². The number of nitro groups is 1. The molecule has 0 radical (unpaired) electrons. The van der Waals surface area contributed by atoms with E-state index in [-0.39, 0.29) is 17.6 Å². The largest absolute Gasteiger partial charge is 0.345 e. The lowest BCUT2D eigenvalue weighted by atomic mass is 9.93. The molecule has 1 amide bonds. The molecule has 2 aromatic carbocycles. The van der Waals surface area contributed by atoms with Crippen LogP contribution in [-0.4, -0.2) is 16.9 Å². The van der Waals surface area contributed by atoms with Gasteiger partial charge in [0.1, 0.15) is 0 Å². The molecule has 5 heteroatoms.